The Bertz CT molecular complexity index is 1030. The van der Waals surface area contributed by atoms with E-state index in [1.54, 1.807) is 18.2 Å². The first-order chi connectivity index (χ1) is 12.5. The third-order valence-corrected chi connectivity index (χ3v) is 4.21. The Hall–Kier alpha value is -3.36. The quantitative estimate of drug-likeness (QED) is 0.703. The second-order valence-corrected chi connectivity index (χ2v) is 5.75. The lowest BCUT2D eigenvalue weighted by Crippen LogP contribution is -2.29. The number of rotatable bonds is 3. The predicted octanol–water partition coefficient (Wildman–Crippen LogP) is 3.44. The van der Waals surface area contributed by atoms with E-state index in [0.717, 1.165) is 22.5 Å². The summed E-state index contributed by atoms with van der Waals surface area (Å²) >= 11 is 0. The van der Waals surface area contributed by atoms with Crippen molar-refractivity contribution in [2.24, 2.45) is 0 Å². The Morgan fingerprint density at radius 2 is 1.92 bits per heavy atom. The van der Waals surface area contributed by atoms with E-state index >= 15 is 0 Å². The number of hydrogen-bond donors (Lipinski definition) is 2. The van der Waals surface area contributed by atoms with Crippen LogP contribution in [-0.2, 0) is 4.79 Å². The van der Waals surface area contributed by atoms with Crippen LogP contribution >= 0.6 is 0 Å². The van der Waals surface area contributed by atoms with E-state index in [1.165, 1.54) is 12.4 Å². The summed E-state index contributed by atoms with van der Waals surface area (Å²) in [6.45, 7) is 0. The number of carbonyl (C=O) groups excluding carboxylic acids is 2. The number of imidazole rings is 1. The zero-order chi connectivity index (χ0) is 18.4. The summed E-state index contributed by atoms with van der Waals surface area (Å²) in [6, 6.07) is 6.02. The summed E-state index contributed by atoms with van der Waals surface area (Å²) < 4.78 is 39.4. The molecule has 6 nitrogen and oxygen atoms in total. The minimum Gasteiger partial charge on any atom is -0.345 e. The highest BCUT2D eigenvalue weighted by Crippen LogP contribution is 2.34. The van der Waals surface area contributed by atoms with Gasteiger partial charge < -0.3 is 4.98 Å². The van der Waals surface area contributed by atoms with E-state index in [4.69, 9.17) is 0 Å². The minimum absolute atomic E-state index is 0.0948. The molecule has 2 heterocycles. The predicted molar refractivity (Wildman–Crippen MR) is 86.2 cm³/mol. The van der Waals surface area contributed by atoms with Gasteiger partial charge in [-0.15, -0.1) is 0 Å². The third kappa shape index (κ3) is 2.48. The molecule has 0 radical (unpaired) electrons. The number of amides is 3. The van der Waals surface area contributed by atoms with E-state index < -0.39 is 35.8 Å². The average molecular weight is 360 g/mol. The van der Waals surface area contributed by atoms with Gasteiger partial charge in [0.15, 0.2) is 0 Å². The molecule has 1 unspecified atom stereocenters. The largest absolute Gasteiger partial charge is 0.345 e. The van der Waals surface area contributed by atoms with E-state index in [-0.39, 0.29) is 5.56 Å². The maximum Gasteiger partial charge on any atom is 0.329 e. The van der Waals surface area contributed by atoms with Gasteiger partial charge in [-0.2, -0.15) is 0 Å². The number of H-pyrrole nitrogens is 1. The van der Waals surface area contributed by atoms with Crippen LogP contribution < -0.4 is 10.2 Å². The summed E-state index contributed by atoms with van der Waals surface area (Å²) in [5.41, 5.74) is 1.02. The SMILES string of the molecule is O=C1NC(=O)N(c2ccc3[nH]cnc3c2)C1c1ccc(C(F)F)c(F)c1. The monoisotopic (exact) mass is 360 g/mol. The molecule has 26 heavy (non-hydrogen) atoms. The topological polar surface area (TPSA) is 78.1 Å². The fourth-order valence-corrected chi connectivity index (χ4v) is 3.00. The Labute approximate surface area is 144 Å². The van der Waals surface area contributed by atoms with Crippen molar-refractivity contribution in [1.29, 1.82) is 0 Å². The van der Waals surface area contributed by atoms with E-state index in [1.807, 2.05) is 0 Å². The van der Waals surface area contributed by atoms with Gasteiger partial charge in [0.2, 0.25) is 0 Å². The molecule has 1 aliphatic heterocycles. The molecule has 9 heteroatoms. The highest BCUT2D eigenvalue weighted by atomic mass is 19.3. The lowest BCUT2D eigenvalue weighted by Gasteiger charge is -2.22. The molecule has 1 saturated heterocycles. The van der Waals surface area contributed by atoms with Crippen molar-refractivity contribution in [1.82, 2.24) is 15.3 Å². The molecule has 3 aromatic rings. The summed E-state index contributed by atoms with van der Waals surface area (Å²) in [4.78, 5) is 32.7. The highest BCUT2D eigenvalue weighted by molar-refractivity contribution is 6.14. The molecule has 1 aromatic heterocycles. The number of imide groups is 1. The van der Waals surface area contributed by atoms with E-state index in [2.05, 4.69) is 15.3 Å². The van der Waals surface area contributed by atoms with E-state index in [9.17, 15) is 22.8 Å². The lowest BCUT2D eigenvalue weighted by molar-refractivity contribution is -0.119. The number of nitrogens with zero attached hydrogens (tertiary/aromatic N) is 2. The molecule has 1 atom stereocenters. The van der Waals surface area contributed by atoms with Crippen LogP contribution in [0.15, 0.2) is 42.7 Å². The molecule has 1 fully saturated rings. The Balaban J connectivity index is 1.79. The third-order valence-electron chi connectivity index (χ3n) is 4.21. The van der Waals surface area contributed by atoms with Crippen molar-refractivity contribution in [3.63, 3.8) is 0 Å². The number of fused-ring (bicyclic) bond motifs is 1. The molecule has 2 N–H and O–H groups in total. The van der Waals surface area contributed by atoms with Crippen LogP contribution in [0.5, 0.6) is 0 Å². The Morgan fingerprint density at radius 3 is 2.65 bits per heavy atom. The smallest absolute Gasteiger partial charge is 0.329 e. The van der Waals surface area contributed by atoms with Crippen molar-refractivity contribution in [3.8, 4) is 0 Å². The fourth-order valence-electron chi connectivity index (χ4n) is 3.00. The zero-order valence-electron chi connectivity index (χ0n) is 13.0. The van der Waals surface area contributed by atoms with Crippen molar-refractivity contribution in [3.05, 3.63) is 59.7 Å². The summed E-state index contributed by atoms with van der Waals surface area (Å²) in [5.74, 6) is -1.80. The molecule has 132 valence electrons. The van der Waals surface area contributed by atoms with Crippen molar-refractivity contribution in [2.45, 2.75) is 12.5 Å². The number of alkyl halides is 2. The van der Waals surface area contributed by atoms with Crippen LogP contribution in [0.25, 0.3) is 11.0 Å². The Kier molecular flexibility index (Phi) is 3.64. The maximum absolute atomic E-state index is 13.9. The van der Waals surface area contributed by atoms with Gasteiger partial charge in [0, 0.05) is 5.69 Å². The first kappa shape index (κ1) is 16.1. The van der Waals surface area contributed by atoms with Crippen molar-refractivity contribution in [2.75, 3.05) is 4.90 Å². The number of anilines is 1. The van der Waals surface area contributed by atoms with Crippen LogP contribution in [0.3, 0.4) is 0 Å². The maximum atomic E-state index is 13.9. The van der Waals surface area contributed by atoms with Crippen molar-refractivity contribution >= 4 is 28.7 Å². The van der Waals surface area contributed by atoms with Gasteiger partial charge in [-0.05, 0) is 29.8 Å². The molecule has 0 bridgehead atoms. The van der Waals surface area contributed by atoms with Crippen LogP contribution in [0.4, 0.5) is 23.7 Å². The number of hydrogen-bond acceptors (Lipinski definition) is 3. The van der Waals surface area contributed by atoms with Crippen LogP contribution in [0.1, 0.15) is 23.6 Å². The van der Waals surface area contributed by atoms with E-state index in [0.29, 0.717) is 11.2 Å². The van der Waals surface area contributed by atoms with Gasteiger partial charge in [-0.1, -0.05) is 12.1 Å². The van der Waals surface area contributed by atoms with Gasteiger partial charge in [0.25, 0.3) is 12.3 Å². The molecule has 0 spiro atoms. The number of urea groups is 1. The molecule has 3 amide bonds. The van der Waals surface area contributed by atoms with Gasteiger partial charge in [0.1, 0.15) is 11.9 Å². The summed E-state index contributed by atoms with van der Waals surface area (Å²) in [5, 5.41) is 2.16. The average Bonchev–Trinajstić information content (AvgIpc) is 3.17. The van der Waals surface area contributed by atoms with Crippen LogP contribution in [-0.4, -0.2) is 21.9 Å². The molecular formula is C17H11F3N4O2. The zero-order valence-corrected chi connectivity index (χ0v) is 13.0. The Morgan fingerprint density at radius 1 is 1.12 bits per heavy atom. The molecule has 2 aromatic carbocycles. The van der Waals surface area contributed by atoms with Crippen molar-refractivity contribution < 1.29 is 22.8 Å². The molecule has 0 saturated carbocycles. The highest BCUT2D eigenvalue weighted by Gasteiger charge is 2.41. The lowest BCUT2D eigenvalue weighted by atomic mass is 10.0. The standard InChI is InChI=1S/C17H11F3N4O2/c18-11-5-8(1-3-10(11)15(19)20)14-16(25)23-17(26)24(14)9-2-4-12-13(6-9)22-7-21-12/h1-7,14-15H,(H,21,22)(H,23,25,26). The number of aromatic nitrogens is 2. The normalized spacial score (nSPS) is 17.4. The van der Waals surface area contributed by atoms with Crippen LogP contribution in [0, 0.1) is 5.82 Å². The van der Waals surface area contributed by atoms with Crippen LogP contribution in [0.2, 0.25) is 0 Å². The number of carbonyl (C=O) groups is 2. The molecule has 4 rings (SSSR count). The first-order valence-corrected chi connectivity index (χ1v) is 7.60. The van der Waals surface area contributed by atoms with Gasteiger partial charge in [-0.3, -0.25) is 15.0 Å². The minimum atomic E-state index is -2.97. The number of nitrogens with one attached hydrogen (secondary N) is 2. The van der Waals surface area contributed by atoms with Gasteiger partial charge in [-0.25, -0.2) is 22.9 Å². The number of halogens is 3. The molecular weight excluding hydrogens is 349 g/mol. The first-order valence-electron chi connectivity index (χ1n) is 7.60. The summed E-state index contributed by atoms with van der Waals surface area (Å²) in [6.07, 6.45) is -1.49. The second kappa shape index (κ2) is 5.87. The fraction of sp³-hybridized carbons (Fsp3) is 0.118. The van der Waals surface area contributed by atoms with Gasteiger partial charge in [0.05, 0.1) is 22.9 Å². The number of aromatic amines is 1. The molecule has 1 aliphatic rings. The van der Waals surface area contributed by atoms with Gasteiger partial charge >= 0.3 is 6.03 Å². The molecule has 0 aliphatic carbocycles. The second-order valence-electron chi connectivity index (χ2n) is 5.75. The summed E-state index contributed by atoms with van der Waals surface area (Å²) in [7, 11) is 0. The number of benzene rings is 2.